The predicted molar refractivity (Wildman–Crippen MR) is 171 cm³/mol. The van der Waals surface area contributed by atoms with E-state index in [4.69, 9.17) is 4.74 Å². The minimum Gasteiger partial charge on any atom is -0.350 e. The number of hydrogen-bond acceptors (Lipinski definition) is 9. The van der Waals surface area contributed by atoms with Crippen molar-refractivity contribution in [3.63, 3.8) is 0 Å². The van der Waals surface area contributed by atoms with Gasteiger partial charge in [-0.15, -0.1) is 0 Å². The van der Waals surface area contributed by atoms with Crippen LogP contribution in [0.1, 0.15) is 64.4 Å². The number of likely N-dealkylation sites (tertiary alicyclic amines) is 1. The third-order valence-corrected chi connectivity index (χ3v) is 7.99. The number of rotatable bonds is 21. The van der Waals surface area contributed by atoms with Crippen molar-refractivity contribution in [3.05, 3.63) is 35.9 Å². The molecule has 5 N–H and O–H groups in total. The largest absolute Gasteiger partial charge is 0.350 e. The molecule has 1 saturated carbocycles. The molecule has 15 nitrogen and oxygen atoms in total. The van der Waals surface area contributed by atoms with E-state index in [-0.39, 0.29) is 74.4 Å². The molecule has 7 amide bonds. The van der Waals surface area contributed by atoms with Crippen molar-refractivity contribution in [3.8, 4) is 0 Å². The van der Waals surface area contributed by atoms with Crippen molar-refractivity contribution in [2.75, 3.05) is 32.9 Å². The number of ketones is 1. The van der Waals surface area contributed by atoms with E-state index < -0.39 is 42.3 Å². The molecule has 1 aliphatic heterocycles. The molecule has 1 saturated heterocycles. The molecule has 0 radical (unpaired) electrons. The summed E-state index contributed by atoms with van der Waals surface area (Å²) >= 11 is 0. The zero-order chi connectivity index (χ0) is 35.1. The summed E-state index contributed by atoms with van der Waals surface area (Å²) in [6, 6.07) is 7.87. The zero-order valence-corrected chi connectivity index (χ0v) is 27.5. The molecule has 15 heteroatoms. The fraction of sp³-hybridized carbons (Fsp3) is 0.576. The number of nitrogens with one attached hydrogen (secondary N) is 5. The number of unbranched alkanes of at least 4 members (excludes halogenated alkanes) is 2. The van der Waals surface area contributed by atoms with Gasteiger partial charge in [0.25, 0.3) is 0 Å². The summed E-state index contributed by atoms with van der Waals surface area (Å²) in [6.45, 7) is 2.14. The van der Waals surface area contributed by atoms with Crippen molar-refractivity contribution in [1.82, 2.24) is 31.5 Å². The molecule has 3 rings (SSSR count). The molecule has 3 atom stereocenters. The van der Waals surface area contributed by atoms with Crippen LogP contribution in [-0.2, 0) is 49.5 Å². The van der Waals surface area contributed by atoms with E-state index in [0.29, 0.717) is 25.8 Å². The minimum atomic E-state index is -1.05. The van der Waals surface area contributed by atoms with E-state index >= 15 is 0 Å². The van der Waals surface area contributed by atoms with Gasteiger partial charge in [0.2, 0.25) is 41.4 Å². The maximum absolute atomic E-state index is 13.0. The first-order valence-corrected chi connectivity index (χ1v) is 16.3. The average molecular weight is 671 g/mol. The number of carbonyl (C=O) groups is 8. The SMILES string of the molecule is CC(=O)[C@H](OCNC(=O)CNC(=O)[C@H](Cc1ccccc1)NC(=O)CNC(=O)CNC(=O)CCCCCN1C(=O)CC(C)C1=O)C1CC1. The van der Waals surface area contributed by atoms with E-state index in [1.54, 1.807) is 37.3 Å². The number of amides is 7. The summed E-state index contributed by atoms with van der Waals surface area (Å²) in [6.07, 6.45) is 3.49. The number of hydrogen-bond donors (Lipinski definition) is 5. The Balaban J connectivity index is 1.34. The number of carbonyl (C=O) groups excluding carboxylic acids is 8. The second-order valence-electron chi connectivity index (χ2n) is 12.2. The van der Waals surface area contributed by atoms with Gasteiger partial charge in [0.1, 0.15) is 18.9 Å². The van der Waals surface area contributed by atoms with Gasteiger partial charge in [0.05, 0.1) is 19.6 Å². The monoisotopic (exact) mass is 670 g/mol. The van der Waals surface area contributed by atoms with Gasteiger partial charge in [-0.25, -0.2) is 0 Å². The topological polar surface area (TPSA) is 209 Å². The first-order chi connectivity index (χ1) is 22.9. The number of imide groups is 1. The van der Waals surface area contributed by atoms with Crippen LogP contribution in [0.3, 0.4) is 0 Å². The van der Waals surface area contributed by atoms with E-state index in [1.807, 2.05) is 0 Å². The average Bonchev–Trinajstić information content (AvgIpc) is 3.86. The van der Waals surface area contributed by atoms with Crippen molar-refractivity contribution < 1.29 is 43.1 Å². The molecule has 1 aliphatic carbocycles. The Morgan fingerprint density at radius 3 is 2.12 bits per heavy atom. The van der Waals surface area contributed by atoms with Gasteiger partial charge in [0, 0.05) is 31.7 Å². The fourth-order valence-electron chi connectivity index (χ4n) is 5.18. The maximum Gasteiger partial charge on any atom is 0.243 e. The highest BCUT2D eigenvalue weighted by atomic mass is 16.5. The quantitative estimate of drug-likeness (QED) is 0.0646. The second kappa shape index (κ2) is 19.2. The number of benzene rings is 1. The van der Waals surface area contributed by atoms with Gasteiger partial charge in [-0.2, -0.15) is 0 Å². The van der Waals surface area contributed by atoms with Crippen LogP contribution in [0.2, 0.25) is 0 Å². The lowest BCUT2D eigenvalue weighted by molar-refractivity contribution is -0.139. The predicted octanol–water partition coefficient (Wildman–Crippen LogP) is -0.524. The molecular formula is C33H46N6O9. The Morgan fingerprint density at radius 2 is 1.48 bits per heavy atom. The zero-order valence-electron chi connectivity index (χ0n) is 27.5. The molecule has 0 aromatic heterocycles. The normalized spacial score (nSPS) is 16.9. The molecule has 0 spiro atoms. The number of ether oxygens (including phenoxy) is 1. The van der Waals surface area contributed by atoms with Crippen LogP contribution in [0.15, 0.2) is 30.3 Å². The van der Waals surface area contributed by atoms with Gasteiger partial charge < -0.3 is 31.3 Å². The van der Waals surface area contributed by atoms with Crippen LogP contribution < -0.4 is 26.6 Å². The van der Waals surface area contributed by atoms with E-state index in [1.165, 1.54) is 11.8 Å². The molecule has 1 heterocycles. The Bertz CT molecular complexity index is 1330. The van der Waals surface area contributed by atoms with Crippen LogP contribution in [-0.4, -0.2) is 97.1 Å². The maximum atomic E-state index is 13.0. The summed E-state index contributed by atoms with van der Waals surface area (Å²) in [5.74, 6) is -3.31. The van der Waals surface area contributed by atoms with E-state index in [2.05, 4.69) is 26.6 Å². The van der Waals surface area contributed by atoms with Gasteiger partial charge in [-0.05, 0) is 44.1 Å². The number of Topliss-reactive ketones (excluding diaryl/α,β-unsaturated/α-hetero) is 1. The molecule has 48 heavy (non-hydrogen) atoms. The van der Waals surface area contributed by atoms with Crippen molar-refractivity contribution >= 4 is 47.1 Å². The Labute approximate surface area is 279 Å². The van der Waals surface area contributed by atoms with Gasteiger partial charge in [-0.1, -0.05) is 43.7 Å². The summed E-state index contributed by atoms with van der Waals surface area (Å²) in [4.78, 5) is 99.0. The van der Waals surface area contributed by atoms with Crippen molar-refractivity contribution in [2.45, 2.75) is 77.4 Å². The Morgan fingerprint density at radius 1 is 0.833 bits per heavy atom. The van der Waals surface area contributed by atoms with Crippen LogP contribution in [0, 0.1) is 11.8 Å². The standard InChI is InChI=1S/C33H46N6O9/c1-21-15-30(45)39(33(21)47)14-8-4-7-11-26(41)34-17-27(42)35-19-29(44)38-25(16-23-9-5-3-6-10-23)32(46)36-18-28(43)37-20-48-31(22(2)40)24-12-13-24/h3,5-6,9-10,21,24-25,31H,4,7-8,11-20H2,1-2H3,(H,34,41)(H,35,42)(H,36,46)(H,37,43)(H,38,44)/t21?,25-,31-/m0/s1. The van der Waals surface area contributed by atoms with Crippen LogP contribution in [0.4, 0.5) is 0 Å². The van der Waals surface area contributed by atoms with Gasteiger partial charge in [0.15, 0.2) is 5.78 Å². The van der Waals surface area contributed by atoms with Gasteiger partial charge >= 0.3 is 0 Å². The molecule has 2 aliphatic rings. The molecule has 0 bridgehead atoms. The third-order valence-electron chi connectivity index (χ3n) is 7.99. The molecule has 1 aromatic carbocycles. The lowest BCUT2D eigenvalue weighted by Gasteiger charge is -2.19. The second-order valence-corrected chi connectivity index (χ2v) is 12.2. The van der Waals surface area contributed by atoms with Gasteiger partial charge in [-0.3, -0.25) is 43.3 Å². The number of nitrogens with zero attached hydrogens (tertiary/aromatic N) is 1. The highest BCUT2D eigenvalue weighted by molar-refractivity contribution is 6.03. The lowest BCUT2D eigenvalue weighted by Crippen LogP contribution is -2.52. The molecule has 262 valence electrons. The van der Waals surface area contributed by atoms with Crippen LogP contribution in [0.25, 0.3) is 0 Å². The molecule has 1 unspecified atom stereocenters. The Hall–Kier alpha value is -4.66. The van der Waals surface area contributed by atoms with E-state index in [9.17, 15) is 38.4 Å². The molecular weight excluding hydrogens is 624 g/mol. The first-order valence-electron chi connectivity index (χ1n) is 16.3. The lowest BCUT2D eigenvalue weighted by atomic mass is 10.1. The first kappa shape index (κ1) is 37.8. The molecule has 2 fully saturated rings. The van der Waals surface area contributed by atoms with E-state index in [0.717, 1.165) is 18.4 Å². The highest BCUT2D eigenvalue weighted by Gasteiger charge is 2.35. The summed E-state index contributed by atoms with van der Waals surface area (Å²) in [5.41, 5.74) is 0.755. The smallest absolute Gasteiger partial charge is 0.243 e. The summed E-state index contributed by atoms with van der Waals surface area (Å²) in [7, 11) is 0. The van der Waals surface area contributed by atoms with Crippen molar-refractivity contribution in [1.29, 1.82) is 0 Å². The Kier molecular flexibility index (Phi) is 15.1. The van der Waals surface area contributed by atoms with Crippen molar-refractivity contribution in [2.24, 2.45) is 11.8 Å². The molecule has 1 aromatic rings. The third kappa shape index (κ3) is 13.2. The van der Waals surface area contributed by atoms with Crippen LogP contribution >= 0.6 is 0 Å². The fourth-order valence-corrected chi connectivity index (χ4v) is 5.18. The summed E-state index contributed by atoms with van der Waals surface area (Å²) < 4.78 is 5.48. The summed E-state index contributed by atoms with van der Waals surface area (Å²) in [5, 5.41) is 12.4. The van der Waals surface area contributed by atoms with Crippen LogP contribution in [0.5, 0.6) is 0 Å². The minimum absolute atomic E-state index is 0.105. The highest BCUT2D eigenvalue weighted by Crippen LogP contribution is 2.34.